The Morgan fingerprint density at radius 3 is 1.29 bits per heavy atom. The van der Waals surface area contributed by atoms with Crippen LogP contribution < -0.4 is 0 Å². The predicted molar refractivity (Wildman–Crippen MR) is 49.0 cm³/mol. The Hall–Kier alpha value is 0.150. The minimum atomic E-state index is -5.63. The van der Waals surface area contributed by atoms with Gasteiger partial charge in [-0.15, -0.1) is 0 Å². The maximum absolute atomic E-state index is 9.30. The third-order valence-electron chi connectivity index (χ3n) is 1.92. The SMILES string of the molecule is OCCC(O)P(O)(O)(O)C(O)CCO. The predicted octanol–water partition coefficient (Wildman–Crippen LogP) is -2.34. The van der Waals surface area contributed by atoms with Crippen LogP contribution in [0.25, 0.3) is 0 Å². The first-order chi connectivity index (χ1) is 6.24. The Bertz CT molecular complexity index is 161. The number of aliphatic hydroxyl groups excluding tert-OH is 4. The summed E-state index contributed by atoms with van der Waals surface area (Å²) in [6.07, 6.45) is -0.937. The van der Waals surface area contributed by atoms with Gasteiger partial charge in [-0.05, 0) is 0 Å². The van der Waals surface area contributed by atoms with Crippen LogP contribution in [-0.2, 0) is 0 Å². The Morgan fingerprint density at radius 1 is 0.786 bits per heavy atom. The summed E-state index contributed by atoms with van der Waals surface area (Å²) in [6.45, 7) is -1.13. The number of rotatable bonds is 6. The molecule has 0 aliphatic rings. The second-order valence-electron chi connectivity index (χ2n) is 3.10. The van der Waals surface area contributed by atoms with Gasteiger partial charge >= 0.3 is 80.1 Å². The van der Waals surface area contributed by atoms with Crippen LogP contribution in [0.3, 0.4) is 0 Å². The van der Waals surface area contributed by atoms with Gasteiger partial charge in [-0.25, -0.2) is 0 Å². The van der Waals surface area contributed by atoms with Gasteiger partial charge in [0.1, 0.15) is 0 Å². The molecule has 0 heterocycles. The molecule has 0 aromatic heterocycles. The summed E-state index contributed by atoms with van der Waals surface area (Å²) in [7, 11) is -5.63. The third kappa shape index (κ3) is 3.08. The second-order valence-corrected chi connectivity index (χ2v) is 6.51. The van der Waals surface area contributed by atoms with Crippen molar-refractivity contribution in [1.29, 1.82) is 0 Å². The molecule has 88 valence electrons. The van der Waals surface area contributed by atoms with Crippen molar-refractivity contribution in [2.24, 2.45) is 0 Å². The van der Waals surface area contributed by atoms with Crippen molar-refractivity contribution in [3.05, 3.63) is 0 Å². The Morgan fingerprint density at radius 2 is 1.07 bits per heavy atom. The summed E-state index contributed by atoms with van der Waals surface area (Å²) in [5.74, 6) is -4.01. The fourth-order valence-electron chi connectivity index (χ4n) is 0.925. The first-order valence-corrected chi connectivity index (χ1v) is 6.31. The van der Waals surface area contributed by atoms with Crippen LogP contribution in [0.15, 0.2) is 0 Å². The summed E-state index contributed by atoms with van der Waals surface area (Å²) in [5, 5.41) is 35.1. The van der Waals surface area contributed by atoms with Crippen LogP contribution in [0.4, 0.5) is 0 Å². The normalized spacial score (nSPS) is 19.8. The quantitative estimate of drug-likeness (QED) is 0.254. The van der Waals surface area contributed by atoms with Gasteiger partial charge in [0.25, 0.3) is 0 Å². The van der Waals surface area contributed by atoms with E-state index in [0.717, 1.165) is 0 Å². The van der Waals surface area contributed by atoms with Crippen LogP contribution in [0.1, 0.15) is 12.8 Å². The molecule has 0 saturated heterocycles. The Labute approximate surface area is 81.1 Å². The number of hydrogen-bond donors (Lipinski definition) is 7. The Kier molecular flexibility index (Phi) is 4.83. The van der Waals surface area contributed by atoms with E-state index in [1.165, 1.54) is 0 Å². The first kappa shape index (κ1) is 14.2. The number of hydrogen-bond acceptors (Lipinski definition) is 7. The monoisotopic (exact) mass is 232 g/mol. The molecule has 0 aliphatic heterocycles. The van der Waals surface area contributed by atoms with Gasteiger partial charge in [-0.1, -0.05) is 0 Å². The fourth-order valence-corrected chi connectivity index (χ4v) is 2.54. The summed E-state index contributed by atoms with van der Waals surface area (Å²) >= 11 is 0. The van der Waals surface area contributed by atoms with Gasteiger partial charge in [0, 0.05) is 0 Å². The van der Waals surface area contributed by atoms with Crippen molar-refractivity contribution < 1.29 is 35.1 Å². The van der Waals surface area contributed by atoms with Crippen molar-refractivity contribution in [2.45, 2.75) is 24.5 Å². The third-order valence-corrected chi connectivity index (χ3v) is 4.72. The molecule has 0 radical (unpaired) electrons. The molecule has 2 unspecified atom stereocenters. The van der Waals surface area contributed by atoms with E-state index in [4.69, 9.17) is 20.4 Å². The molecule has 7 N–H and O–H groups in total. The van der Waals surface area contributed by atoms with Gasteiger partial charge in [0.05, 0.1) is 0 Å². The first-order valence-electron chi connectivity index (χ1n) is 4.08. The van der Waals surface area contributed by atoms with Crippen LogP contribution in [0.2, 0.25) is 0 Å². The van der Waals surface area contributed by atoms with Crippen LogP contribution >= 0.6 is 7.28 Å². The van der Waals surface area contributed by atoms with Crippen LogP contribution in [0, 0.1) is 0 Å². The van der Waals surface area contributed by atoms with E-state index >= 15 is 0 Å². The topological polar surface area (TPSA) is 142 Å². The van der Waals surface area contributed by atoms with Gasteiger partial charge in [-0.2, -0.15) is 0 Å². The molecular weight excluding hydrogens is 215 g/mol. The summed E-state index contributed by atoms with van der Waals surface area (Å²) in [5.41, 5.74) is 0. The van der Waals surface area contributed by atoms with Crippen molar-refractivity contribution in [2.75, 3.05) is 13.2 Å². The summed E-state index contributed by atoms with van der Waals surface area (Å²) < 4.78 is 0. The molecule has 0 bridgehead atoms. The molecule has 2 atom stereocenters. The van der Waals surface area contributed by atoms with Crippen molar-refractivity contribution in [1.82, 2.24) is 0 Å². The standard InChI is InChI=1S/C6H17O7P/c7-3-1-5(9)14(11,12,13)6(10)2-4-8/h5-13H,1-4H2. The Balaban J connectivity index is 4.63. The molecule has 0 rings (SSSR count). The van der Waals surface area contributed by atoms with Crippen molar-refractivity contribution in [3.63, 3.8) is 0 Å². The van der Waals surface area contributed by atoms with E-state index in [0.29, 0.717) is 0 Å². The zero-order valence-corrected chi connectivity index (χ0v) is 8.46. The zero-order valence-electron chi connectivity index (χ0n) is 7.56. The molecule has 0 spiro atoms. The number of aliphatic hydroxyl groups is 4. The van der Waals surface area contributed by atoms with E-state index in [9.17, 15) is 14.7 Å². The van der Waals surface area contributed by atoms with Gasteiger partial charge in [0.15, 0.2) is 0 Å². The summed E-state index contributed by atoms with van der Waals surface area (Å²) in [4.78, 5) is 27.9. The van der Waals surface area contributed by atoms with Crippen LogP contribution in [0.5, 0.6) is 0 Å². The molecule has 0 aromatic carbocycles. The average Bonchev–Trinajstić information content (AvgIpc) is 2.04. The van der Waals surface area contributed by atoms with Crippen molar-refractivity contribution >= 4 is 7.28 Å². The van der Waals surface area contributed by atoms with E-state index in [2.05, 4.69) is 0 Å². The summed E-state index contributed by atoms with van der Waals surface area (Å²) in [6, 6.07) is 0. The van der Waals surface area contributed by atoms with Gasteiger partial charge in [0.2, 0.25) is 0 Å². The van der Waals surface area contributed by atoms with E-state index in [1.54, 1.807) is 0 Å². The molecule has 0 amide bonds. The minimum absolute atomic E-state index is 0.468. The second kappa shape index (κ2) is 4.78. The molecule has 0 aliphatic carbocycles. The van der Waals surface area contributed by atoms with Gasteiger partial charge < -0.3 is 0 Å². The van der Waals surface area contributed by atoms with E-state index < -0.39 is 45.0 Å². The van der Waals surface area contributed by atoms with Crippen LogP contribution in [-0.4, -0.2) is 60.0 Å². The molecule has 14 heavy (non-hydrogen) atoms. The van der Waals surface area contributed by atoms with Gasteiger partial charge in [-0.3, -0.25) is 0 Å². The van der Waals surface area contributed by atoms with Crippen molar-refractivity contribution in [3.8, 4) is 0 Å². The average molecular weight is 232 g/mol. The molecular formula is C6H17O7P. The fraction of sp³-hybridized carbons (Fsp3) is 1.00. The zero-order chi connectivity index (χ0) is 11.4. The van der Waals surface area contributed by atoms with E-state index in [1.807, 2.05) is 0 Å². The molecule has 0 saturated carbocycles. The molecule has 8 heteroatoms. The molecule has 7 nitrogen and oxygen atoms in total. The van der Waals surface area contributed by atoms with E-state index in [-0.39, 0.29) is 0 Å². The molecule has 0 aromatic rings. The molecule has 0 fully saturated rings. The maximum atomic E-state index is 9.30.